The fraction of sp³-hybridized carbons (Fsp3) is 0.696. The maximum atomic E-state index is 12.8. The third-order valence-electron chi connectivity index (χ3n) is 10.7. The Balaban J connectivity index is 4.48. The van der Waals surface area contributed by atoms with E-state index in [-0.39, 0.29) is 37.5 Å². The Hall–Kier alpha value is -3.41. The molecule has 0 aliphatic heterocycles. The van der Waals surface area contributed by atoms with Crippen LogP contribution in [0.25, 0.3) is 0 Å². The van der Waals surface area contributed by atoms with Crippen molar-refractivity contribution in [1.82, 2.24) is 0 Å². The van der Waals surface area contributed by atoms with E-state index < -0.39 is 6.10 Å². The maximum Gasteiger partial charge on any atom is 0.306 e. The van der Waals surface area contributed by atoms with Crippen LogP contribution in [0.3, 0.4) is 0 Å². The lowest BCUT2D eigenvalue weighted by atomic mass is 10.1. The molecule has 1 atom stereocenters. The summed E-state index contributed by atoms with van der Waals surface area (Å²) >= 11 is 0. The zero-order valence-electron chi connectivity index (χ0n) is 40.4. The Morgan fingerprint density at radius 3 is 1.21 bits per heavy atom. The van der Waals surface area contributed by atoms with Gasteiger partial charge in [0, 0.05) is 19.3 Å². The van der Waals surface area contributed by atoms with Crippen LogP contribution in [0.4, 0.5) is 0 Å². The molecule has 0 spiro atoms. The summed E-state index contributed by atoms with van der Waals surface area (Å²) in [5.74, 6) is -1.02. The van der Waals surface area contributed by atoms with Gasteiger partial charge in [0.05, 0.1) is 0 Å². The van der Waals surface area contributed by atoms with Crippen molar-refractivity contribution in [1.29, 1.82) is 0 Å². The van der Waals surface area contributed by atoms with E-state index in [4.69, 9.17) is 14.2 Å². The summed E-state index contributed by atoms with van der Waals surface area (Å²) in [6, 6.07) is 0. The molecule has 0 aromatic heterocycles. The molecule has 0 fully saturated rings. The summed E-state index contributed by atoms with van der Waals surface area (Å²) in [6.45, 7) is 6.40. The van der Waals surface area contributed by atoms with Gasteiger partial charge in [0.25, 0.3) is 0 Å². The van der Waals surface area contributed by atoms with Crippen molar-refractivity contribution in [2.75, 3.05) is 13.2 Å². The van der Waals surface area contributed by atoms with Gasteiger partial charge in [0.15, 0.2) is 6.10 Å². The zero-order chi connectivity index (χ0) is 45.1. The predicted octanol–water partition coefficient (Wildman–Crippen LogP) is 16.8. The highest BCUT2D eigenvalue weighted by atomic mass is 16.6. The van der Waals surface area contributed by atoms with Crippen LogP contribution in [-0.4, -0.2) is 37.2 Å². The molecule has 0 aromatic carbocycles. The van der Waals surface area contributed by atoms with E-state index in [1.807, 2.05) is 6.08 Å². The summed E-state index contributed by atoms with van der Waals surface area (Å²) < 4.78 is 16.7. The summed E-state index contributed by atoms with van der Waals surface area (Å²) in [4.78, 5) is 37.9. The molecule has 0 heterocycles. The van der Waals surface area contributed by atoms with Gasteiger partial charge in [-0.15, -0.1) is 0 Å². The van der Waals surface area contributed by atoms with Crippen LogP contribution in [-0.2, 0) is 28.6 Å². The van der Waals surface area contributed by atoms with Gasteiger partial charge in [-0.05, 0) is 83.5 Å². The third-order valence-corrected chi connectivity index (χ3v) is 10.7. The SMILES string of the molecule is CC\C=C/C=C\C=C/CCCCCCCC(=O)OC(COC(=O)CC/C=C\C/C=C\CCCCCCCC)COC(=O)CCCCCCC/C=C\C=C/CCCCCCCCC. The van der Waals surface area contributed by atoms with Crippen LogP contribution in [0, 0.1) is 0 Å². The Bertz CT molecular complexity index is 1220. The van der Waals surface area contributed by atoms with Gasteiger partial charge in [-0.25, -0.2) is 0 Å². The van der Waals surface area contributed by atoms with Gasteiger partial charge < -0.3 is 14.2 Å². The molecule has 0 amide bonds. The molecule has 0 rings (SSSR count). The number of carbonyl (C=O) groups is 3. The molecule has 0 bridgehead atoms. The fourth-order valence-corrected chi connectivity index (χ4v) is 6.84. The van der Waals surface area contributed by atoms with E-state index in [9.17, 15) is 14.4 Å². The van der Waals surface area contributed by atoms with Gasteiger partial charge in [-0.2, -0.15) is 0 Å². The Kier molecular flexibility index (Phi) is 47.5. The number of rotatable bonds is 45. The van der Waals surface area contributed by atoms with E-state index in [0.29, 0.717) is 19.3 Å². The number of carbonyl (C=O) groups excluding carboxylic acids is 3. The van der Waals surface area contributed by atoms with E-state index in [2.05, 4.69) is 99.8 Å². The number of unbranched alkanes of at least 4 members (excludes halogenated alkanes) is 23. The highest BCUT2D eigenvalue weighted by Gasteiger charge is 2.19. The molecular formula is C56H94O6. The summed E-state index contributed by atoms with van der Waals surface area (Å²) in [7, 11) is 0. The van der Waals surface area contributed by atoms with Crippen molar-refractivity contribution in [3.05, 3.63) is 85.1 Å². The van der Waals surface area contributed by atoms with Gasteiger partial charge in [0.2, 0.25) is 0 Å². The molecular weight excluding hydrogens is 769 g/mol. The number of hydrogen-bond donors (Lipinski definition) is 0. The van der Waals surface area contributed by atoms with Crippen molar-refractivity contribution >= 4 is 17.9 Å². The van der Waals surface area contributed by atoms with Crippen molar-refractivity contribution in [2.24, 2.45) is 0 Å². The zero-order valence-corrected chi connectivity index (χ0v) is 40.4. The van der Waals surface area contributed by atoms with Gasteiger partial charge in [-0.1, -0.05) is 215 Å². The summed E-state index contributed by atoms with van der Waals surface area (Å²) in [6.07, 6.45) is 64.4. The summed E-state index contributed by atoms with van der Waals surface area (Å²) in [5, 5.41) is 0. The molecule has 0 aliphatic carbocycles. The fourth-order valence-electron chi connectivity index (χ4n) is 6.84. The second-order valence-corrected chi connectivity index (χ2v) is 16.8. The number of hydrogen-bond acceptors (Lipinski definition) is 6. The first kappa shape index (κ1) is 58.6. The summed E-state index contributed by atoms with van der Waals surface area (Å²) in [5.41, 5.74) is 0. The lowest BCUT2D eigenvalue weighted by Crippen LogP contribution is -2.30. The van der Waals surface area contributed by atoms with E-state index >= 15 is 0 Å². The molecule has 1 unspecified atom stereocenters. The first-order chi connectivity index (χ1) is 30.5. The van der Waals surface area contributed by atoms with Crippen molar-refractivity contribution in [2.45, 2.75) is 239 Å². The van der Waals surface area contributed by atoms with E-state index in [1.54, 1.807) is 0 Å². The largest absolute Gasteiger partial charge is 0.462 e. The monoisotopic (exact) mass is 863 g/mol. The minimum Gasteiger partial charge on any atom is -0.462 e. The standard InChI is InChI=1S/C56H94O6/c1-4-7-10-13-16-19-22-25-26-27-28-29-32-34-37-40-43-46-49-55(58)61-52-53(62-56(59)50-47-44-41-38-35-31-24-21-18-15-12-9-6-3)51-60-54(57)48-45-42-39-36-33-30-23-20-17-14-11-8-5-2/h9,12,15,18,21,24,26-30,33,39,42,53H,4-8,10-11,13-14,16-17,19-20,22-23,25,31-32,34-38,40-41,43-52H2,1-3H3/b12-9-,18-15-,24-21-,27-26-,29-28-,33-30-,42-39-. The molecule has 6 nitrogen and oxygen atoms in total. The first-order valence-corrected chi connectivity index (χ1v) is 25.6. The highest BCUT2D eigenvalue weighted by Crippen LogP contribution is 2.13. The average Bonchev–Trinajstić information content (AvgIpc) is 3.27. The highest BCUT2D eigenvalue weighted by molar-refractivity contribution is 5.71. The van der Waals surface area contributed by atoms with E-state index in [0.717, 1.165) is 96.3 Å². The third kappa shape index (κ3) is 47.6. The minimum absolute atomic E-state index is 0.111. The molecule has 6 heteroatoms. The minimum atomic E-state index is -0.816. The molecule has 0 radical (unpaired) electrons. The molecule has 0 N–H and O–H groups in total. The Morgan fingerprint density at radius 1 is 0.355 bits per heavy atom. The molecule has 62 heavy (non-hydrogen) atoms. The number of ether oxygens (including phenoxy) is 3. The Morgan fingerprint density at radius 2 is 0.726 bits per heavy atom. The van der Waals surface area contributed by atoms with Gasteiger partial charge >= 0.3 is 17.9 Å². The lowest BCUT2D eigenvalue weighted by Gasteiger charge is -2.18. The molecule has 0 saturated heterocycles. The van der Waals surface area contributed by atoms with Crippen LogP contribution in [0.15, 0.2) is 85.1 Å². The number of esters is 3. The van der Waals surface area contributed by atoms with Gasteiger partial charge in [-0.3, -0.25) is 14.4 Å². The normalized spacial score (nSPS) is 12.8. The topological polar surface area (TPSA) is 78.9 Å². The smallest absolute Gasteiger partial charge is 0.306 e. The van der Waals surface area contributed by atoms with Crippen LogP contribution < -0.4 is 0 Å². The predicted molar refractivity (Wildman–Crippen MR) is 265 cm³/mol. The second-order valence-electron chi connectivity index (χ2n) is 16.8. The molecule has 0 aromatic rings. The van der Waals surface area contributed by atoms with E-state index in [1.165, 1.54) is 89.9 Å². The lowest BCUT2D eigenvalue weighted by molar-refractivity contribution is -0.166. The average molecular weight is 863 g/mol. The second kappa shape index (κ2) is 50.2. The van der Waals surface area contributed by atoms with Crippen molar-refractivity contribution in [3.63, 3.8) is 0 Å². The van der Waals surface area contributed by atoms with Crippen LogP contribution in [0.5, 0.6) is 0 Å². The van der Waals surface area contributed by atoms with Crippen LogP contribution in [0.2, 0.25) is 0 Å². The van der Waals surface area contributed by atoms with Crippen molar-refractivity contribution in [3.8, 4) is 0 Å². The maximum absolute atomic E-state index is 12.8. The van der Waals surface area contributed by atoms with Crippen LogP contribution >= 0.6 is 0 Å². The first-order valence-electron chi connectivity index (χ1n) is 25.6. The van der Waals surface area contributed by atoms with Crippen molar-refractivity contribution < 1.29 is 28.6 Å². The molecule has 354 valence electrons. The quantitative estimate of drug-likeness (QED) is 0.0199. The Labute approximate surface area is 382 Å². The molecule has 0 aliphatic rings. The van der Waals surface area contributed by atoms with Gasteiger partial charge in [0.1, 0.15) is 13.2 Å². The number of allylic oxidation sites excluding steroid dienone is 14. The molecule has 0 saturated carbocycles. The van der Waals surface area contributed by atoms with Crippen LogP contribution in [0.1, 0.15) is 233 Å².